The monoisotopic (exact) mass is 153 g/mol. The van der Waals surface area contributed by atoms with Crippen molar-refractivity contribution in [3.05, 3.63) is 18.2 Å². The van der Waals surface area contributed by atoms with E-state index in [2.05, 4.69) is 6.58 Å². The lowest BCUT2D eigenvalue weighted by Gasteiger charge is -1.97. The lowest BCUT2D eigenvalue weighted by atomic mass is 10.2. The smallest absolute Gasteiger partial charge is 0.329 e. The third-order valence-electron chi connectivity index (χ3n) is 1.86. The zero-order valence-corrected chi connectivity index (χ0v) is 5.70. The topological polar surface area (TPSA) is 80.4 Å². The highest BCUT2D eigenvalue weighted by atomic mass is 16.4. The van der Waals surface area contributed by atoms with Crippen molar-refractivity contribution in [1.29, 1.82) is 0 Å². The molecule has 4 nitrogen and oxygen atoms in total. The molecule has 4 heteroatoms. The van der Waals surface area contributed by atoms with Crippen molar-refractivity contribution in [2.24, 2.45) is 11.7 Å². The SMILES string of the molecule is C=CC1C(=C=O)C1(N)C(=O)O. The molecule has 0 heterocycles. The summed E-state index contributed by atoms with van der Waals surface area (Å²) in [6, 6.07) is 0. The molecule has 0 spiro atoms. The molecule has 0 aromatic carbocycles. The summed E-state index contributed by atoms with van der Waals surface area (Å²) in [4.78, 5) is 20.6. The van der Waals surface area contributed by atoms with Gasteiger partial charge in [-0.1, -0.05) is 6.08 Å². The van der Waals surface area contributed by atoms with Crippen LogP contribution in [0.2, 0.25) is 0 Å². The lowest BCUT2D eigenvalue weighted by Crippen LogP contribution is -2.35. The number of hydrogen-bond donors (Lipinski definition) is 2. The molecule has 11 heavy (non-hydrogen) atoms. The molecule has 0 amide bonds. The van der Waals surface area contributed by atoms with Gasteiger partial charge < -0.3 is 10.8 Å². The number of hydrogen-bond acceptors (Lipinski definition) is 3. The van der Waals surface area contributed by atoms with Crippen molar-refractivity contribution in [2.75, 3.05) is 0 Å². The summed E-state index contributed by atoms with van der Waals surface area (Å²) in [5.41, 5.74) is 3.87. The van der Waals surface area contributed by atoms with Gasteiger partial charge in [-0.15, -0.1) is 6.58 Å². The van der Waals surface area contributed by atoms with E-state index < -0.39 is 17.4 Å². The highest BCUT2D eigenvalue weighted by molar-refractivity contribution is 5.96. The van der Waals surface area contributed by atoms with E-state index in [1.54, 1.807) is 0 Å². The summed E-state index contributed by atoms with van der Waals surface area (Å²) in [5, 5.41) is 8.54. The van der Waals surface area contributed by atoms with E-state index in [0.29, 0.717) is 0 Å². The van der Waals surface area contributed by atoms with E-state index in [-0.39, 0.29) is 5.57 Å². The minimum Gasteiger partial charge on any atom is -0.480 e. The molecule has 0 aromatic rings. The Morgan fingerprint density at radius 3 is 2.55 bits per heavy atom. The van der Waals surface area contributed by atoms with E-state index in [9.17, 15) is 9.59 Å². The third-order valence-corrected chi connectivity index (χ3v) is 1.86. The van der Waals surface area contributed by atoms with Gasteiger partial charge in [0.15, 0.2) is 5.54 Å². The number of carboxylic acid groups (broad SMARTS) is 1. The molecule has 1 aliphatic rings. The van der Waals surface area contributed by atoms with Crippen LogP contribution in [0.4, 0.5) is 0 Å². The zero-order chi connectivity index (χ0) is 8.65. The average Bonchev–Trinajstić information content (AvgIpc) is 2.56. The first-order valence-electron chi connectivity index (χ1n) is 2.99. The highest BCUT2D eigenvalue weighted by Crippen LogP contribution is 2.46. The molecule has 1 fully saturated rings. The Hall–Kier alpha value is -1.38. The summed E-state index contributed by atoms with van der Waals surface area (Å²) in [6.45, 7) is 3.36. The Balaban J connectivity index is 3.04. The largest absolute Gasteiger partial charge is 0.480 e. The summed E-state index contributed by atoms with van der Waals surface area (Å²) in [7, 11) is 0. The molecule has 1 saturated carbocycles. The van der Waals surface area contributed by atoms with Crippen molar-refractivity contribution < 1.29 is 14.7 Å². The summed E-state index contributed by atoms with van der Waals surface area (Å²) >= 11 is 0. The summed E-state index contributed by atoms with van der Waals surface area (Å²) in [6.07, 6.45) is 1.34. The van der Waals surface area contributed by atoms with Crippen LogP contribution in [0.5, 0.6) is 0 Å². The first kappa shape index (κ1) is 7.72. The Labute approximate surface area is 63.0 Å². The van der Waals surface area contributed by atoms with Gasteiger partial charge in [-0.2, -0.15) is 0 Å². The second kappa shape index (κ2) is 2.05. The normalized spacial score (nSPS) is 34.3. The first-order valence-corrected chi connectivity index (χ1v) is 2.99. The second-order valence-electron chi connectivity index (χ2n) is 2.40. The molecular weight excluding hydrogens is 146 g/mol. The molecule has 0 radical (unpaired) electrons. The van der Waals surface area contributed by atoms with Gasteiger partial charge in [-0.3, -0.25) is 0 Å². The molecule has 3 N–H and O–H groups in total. The van der Waals surface area contributed by atoms with Gasteiger partial charge in [-0.25, -0.2) is 9.59 Å². The van der Waals surface area contributed by atoms with E-state index >= 15 is 0 Å². The number of rotatable bonds is 2. The van der Waals surface area contributed by atoms with E-state index in [4.69, 9.17) is 10.8 Å². The summed E-state index contributed by atoms with van der Waals surface area (Å²) < 4.78 is 0. The second-order valence-corrected chi connectivity index (χ2v) is 2.40. The van der Waals surface area contributed by atoms with Gasteiger partial charge >= 0.3 is 5.97 Å². The number of carbonyl (C=O) groups excluding carboxylic acids is 1. The Morgan fingerprint density at radius 2 is 2.45 bits per heavy atom. The predicted octanol–water partition coefficient (Wildman–Crippen LogP) is -0.658. The molecular formula is C7H7NO3. The number of carboxylic acids is 1. The zero-order valence-electron chi connectivity index (χ0n) is 5.70. The Kier molecular flexibility index (Phi) is 1.44. The van der Waals surface area contributed by atoms with Gasteiger partial charge in [0.25, 0.3) is 0 Å². The molecule has 1 rings (SSSR count). The molecule has 0 saturated heterocycles. The molecule has 0 aromatic heterocycles. The van der Waals surface area contributed by atoms with Crippen molar-refractivity contribution >= 4 is 11.9 Å². The highest BCUT2D eigenvalue weighted by Gasteiger charge is 2.63. The number of nitrogens with two attached hydrogens (primary N) is 1. The van der Waals surface area contributed by atoms with E-state index in [1.165, 1.54) is 12.0 Å². The quantitative estimate of drug-likeness (QED) is 0.407. The number of aliphatic carboxylic acids is 1. The van der Waals surface area contributed by atoms with Gasteiger partial charge in [-0.05, 0) is 0 Å². The molecule has 2 unspecified atom stereocenters. The first-order chi connectivity index (χ1) is 5.08. The average molecular weight is 153 g/mol. The van der Waals surface area contributed by atoms with Gasteiger partial charge in [0.2, 0.25) is 0 Å². The van der Waals surface area contributed by atoms with E-state index in [0.717, 1.165) is 0 Å². The molecule has 1 aliphatic carbocycles. The Bertz CT molecular complexity index is 277. The number of carbonyl (C=O) groups is 1. The minimum atomic E-state index is -1.52. The Morgan fingerprint density at radius 1 is 1.91 bits per heavy atom. The van der Waals surface area contributed by atoms with Crippen molar-refractivity contribution in [3.63, 3.8) is 0 Å². The predicted molar refractivity (Wildman–Crippen MR) is 37.4 cm³/mol. The van der Waals surface area contributed by atoms with Crippen LogP contribution in [-0.2, 0) is 9.59 Å². The third kappa shape index (κ3) is 0.738. The molecule has 2 atom stereocenters. The van der Waals surface area contributed by atoms with E-state index in [1.807, 2.05) is 0 Å². The van der Waals surface area contributed by atoms with Crippen LogP contribution in [0.1, 0.15) is 0 Å². The maximum Gasteiger partial charge on any atom is 0.329 e. The van der Waals surface area contributed by atoms with Gasteiger partial charge in [0, 0.05) is 5.92 Å². The van der Waals surface area contributed by atoms with Crippen molar-refractivity contribution in [2.45, 2.75) is 5.54 Å². The maximum atomic E-state index is 10.4. The maximum absolute atomic E-state index is 10.4. The summed E-state index contributed by atoms with van der Waals surface area (Å²) in [5.74, 6) is -0.250. The van der Waals surface area contributed by atoms with Gasteiger partial charge in [0.05, 0.1) is 5.57 Å². The fourth-order valence-electron chi connectivity index (χ4n) is 1.07. The van der Waals surface area contributed by atoms with Crippen LogP contribution >= 0.6 is 0 Å². The molecule has 0 bridgehead atoms. The fraction of sp³-hybridized carbons (Fsp3) is 0.286. The van der Waals surface area contributed by atoms with Crippen LogP contribution < -0.4 is 5.73 Å². The van der Waals surface area contributed by atoms with Crippen LogP contribution in [0.3, 0.4) is 0 Å². The van der Waals surface area contributed by atoms with Crippen LogP contribution in [-0.4, -0.2) is 22.6 Å². The molecule has 0 aliphatic heterocycles. The molecule has 58 valence electrons. The van der Waals surface area contributed by atoms with Crippen LogP contribution in [0.15, 0.2) is 18.2 Å². The van der Waals surface area contributed by atoms with Crippen LogP contribution in [0.25, 0.3) is 0 Å². The van der Waals surface area contributed by atoms with Gasteiger partial charge in [0.1, 0.15) is 5.94 Å². The van der Waals surface area contributed by atoms with Crippen LogP contribution in [0, 0.1) is 5.92 Å². The van der Waals surface area contributed by atoms with Crippen molar-refractivity contribution in [3.8, 4) is 0 Å². The standard InChI is InChI=1S/C7H7NO3/c1-2-4-5(3-9)7(4,8)6(10)11/h2,4H,1,8H2,(H,10,11). The minimum absolute atomic E-state index is 0.0694. The fourth-order valence-corrected chi connectivity index (χ4v) is 1.07. The lowest BCUT2D eigenvalue weighted by molar-refractivity contribution is -0.139. The van der Waals surface area contributed by atoms with Crippen molar-refractivity contribution in [1.82, 2.24) is 0 Å².